The highest BCUT2D eigenvalue weighted by Crippen LogP contribution is 2.24. The molecule has 0 fully saturated rings. The second-order valence-electron chi connectivity index (χ2n) is 2.73. The van der Waals surface area contributed by atoms with Crippen LogP contribution in [0.25, 0.3) is 5.57 Å². The summed E-state index contributed by atoms with van der Waals surface area (Å²) < 4.78 is 6.91. The third-order valence-electron chi connectivity index (χ3n) is 1.97. The maximum atomic E-state index is 5.28. The van der Waals surface area contributed by atoms with Crippen LogP contribution in [0.1, 0.15) is 5.82 Å². The summed E-state index contributed by atoms with van der Waals surface area (Å²) in [6.07, 6.45) is 8.25. The molecule has 13 heavy (non-hydrogen) atoms. The molecule has 0 bridgehead atoms. The van der Waals surface area contributed by atoms with Crippen molar-refractivity contribution in [1.29, 1.82) is 0 Å². The van der Waals surface area contributed by atoms with Gasteiger partial charge in [0.1, 0.15) is 12.7 Å². The fourth-order valence-electron chi connectivity index (χ4n) is 1.38. The van der Waals surface area contributed by atoms with Gasteiger partial charge >= 0.3 is 0 Å². The topological polar surface area (TPSA) is 52.3 Å². The van der Waals surface area contributed by atoms with Crippen molar-refractivity contribution < 1.29 is 4.74 Å². The average molecular weight is 174 g/mol. The molecule has 0 saturated carbocycles. The molecule has 3 rings (SSSR count). The van der Waals surface area contributed by atoms with Crippen LogP contribution in [0.5, 0.6) is 0 Å². The molecule has 5 nitrogen and oxygen atoms in total. The van der Waals surface area contributed by atoms with Gasteiger partial charge in [-0.1, -0.05) is 0 Å². The first-order valence-corrected chi connectivity index (χ1v) is 3.90. The highest BCUT2D eigenvalue weighted by Gasteiger charge is 2.24. The smallest absolute Gasteiger partial charge is 0.220 e. The summed E-state index contributed by atoms with van der Waals surface area (Å²) in [5.41, 5.74) is 0.947. The molecule has 5 heteroatoms. The van der Waals surface area contributed by atoms with E-state index in [0.29, 0.717) is 0 Å². The Morgan fingerprint density at radius 3 is 3.46 bits per heavy atom. The van der Waals surface area contributed by atoms with Crippen molar-refractivity contribution in [2.75, 3.05) is 0 Å². The molecule has 0 aliphatic carbocycles. The second kappa shape index (κ2) is 2.29. The van der Waals surface area contributed by atoms with Gasteiger partial charge in [-0.2, -0.15) is 5.10 Å². The Labute approximate surface area is 74.1 Å². The molecule has 3 heterocycles. The number of fused-ring (bicyclic) bond motifs is 3. The van der Waals surface area contributed by atoms with E-state index in [1.807, 2.05) is 12.2 Å². The van der Waals surface area contributed by atoms with E-state index in [-0.39, 0.29) is 6.23 Å². The lowest BCUT2D eigenvalue weighted by atomic mass is 10.1. The molecular weight excluding hydrogens is 168 g/mol. The van der Waals surface area contributed by atoms with Crippen LogP contribution in [0.3, 0.4) is 0 Å². The van der Waals surface area contributed by atoms with Crippen LogP contribution >= 0.6 is 0 Å². The van der Waals surface area contributed by atoms with Crippen LogP contribution in [0.4, 0.5) is 0 Å². The van der Waals surface area contributed by atoms with Gasteiger partial charge in [0, 0.05) is 0 Å². The minimum absolute atomic E-state index is 0.248. The van der Waals surface area contributed by atoms with Crippen molar-refractivity contribution >= 4 is 11.9 Å². The summed E-state index contributed by atoms with van der Waals surface area (Å²) in [5, 5.41) is 3.98. The molecule has 0 saturated heterocycles. The maximum Gasteiger partial charge on any atom is 0.220 e. The maximum absolute atomic E-state index is 5.28. The minimum Gasteiger partial charge on any atom is -0.472 e. The van der Waals surface area contributed by atoms with Gasteiger partial charge in [-0.05, 0) is 12.2 Å². The fraction of sp³-hybridized carbons (Fsp3) is 0.125. The van der Waals surface area contributed by atoms with E-state index in [1.54, 1.807) is 17.3 Å². The highest BCUT2D eigenvalue weighted by atomic mass is 16.5. The number of aromatic nitrogens is 3. The van der Waals surface area contributed by atoms with Crippen LogP contribution < -0.4 is 0 Å². The van der Waals surface area contributed by atoms with Gasteiger partial charge in [0.05, 0.1) is 11.8 Å². The first kappa shape index (κ1) is 6.59. The second-order valence-corrected chi connectivity index (χ2v) is 2.73. The lowest BCUT2D eigenvalue weighted by Crippen LogP contribution is -2.21. The van der Waals surface area contributed by atoms with E-state index < -0.39 is 0 Å². The lowest BCUT2D eigenvalue weighted by molar-refractivity contribution is 0.198. The number of nitrogens with zero attached hydrogens (tertiary/aromatic N) is 4. The lowest BCUT2D eigenvalue weighted by Gasteiger charge is -2.20. The van der Waals surface area contributed by atoms with E-state index in [4.69, 9.17) is 4.74 Å². The highest BCUT2D eigenvalue weighted by molar-refractivity contribution is 5.76. The largest absolute Gasteiger partial charge is 0.472 e. The first-order valence-electron chi connectivity index (χ1n) is 3.90. The van der Waals surface area contributed by atoms with Gasteiger partial charge in [-0.15, -0.1) is 0 Å². The molecule has 0 spiro atoms. The molecule has 0 aromatic carbocycles. The number of hydrogen-bond donors (Lipinski definition) is 0. The average Bonchev–Trinajstić information content (AvgIpc) is 2.65. The fourth-order valence-corrected chi connectivity index (χ4v) is 1.38. The van der Waals surface area contributed by atoms with E-state index in [2.05, 4.69) is 15.1 Å². The number of hydrogen-bond acceptors (Lipinski definition) is 4. The van der Waals surface area contributed by atoms with Crippen molar-refractivity contribution in [1.82, 2.24) is 14.8 Å². The van der Waals surface area contributed by atoms with Gasteiger partial charge in [0.25, 0.3) is 0 Å². The summed E-state index contributed by atoms with van der Waals surface area (Å²) in [4.78, 5) is 8.28. The first-order chi connectivity index (χ1) is 6.45. The van der Waals surface area contributed by atoms with Crippen LogP contribution in [-0.4, -0.2) is 27.3 Å². The Morgan fingerprint density at radius 2 is 2.46 bits per heavy atom. The number of allylic oxidation sites excluding steroid dienone is 2. The summed E-state index contributed by atoms with van der Waals surface area (Å²) in [6.45, 7) is 0. The molecule has 0 amide bonds. The van der Waals surface area contributed by atoms with Crippen molar-refractivity contribution in [2.45, 2.75) is 6.23 Å². The van der Waals surface area contributed by atoms with Gasteiger partial charge in [-0.3, -0.25) is 0 Å². The molecule has 2 aliphatic heterocycles. The van der Waals surface area contributed by atoms with Crippen LogP contribution in [0, 0.1) is 0 Å². The third kappa shape index (κ3) is 0.837. The quantitative estimate of drug-likeness (QED) is 0.572. The van der Waals surface area contributed by atoms with Gasteiger partial charge in [0.15, 0.2) is 5.82 Å². The summed E-state index contributed by atoms with van der Waals surface area (Å²) in [7, 11) is 0. The van der Waals surface area contributed by atoms with E-state index in [9.17, 15) is 0 Å². The SMILES string of the molecule is C1=COC2N=Cn3ncnc3C2=C1. The van der Waals surface area contributed by atoms with Crippen LogP contribution in [0.15, 0.2) is 29.7 Å². The number of aliphatic imine (C=N–C) groups is 1. The van der Waals surface area contributed by atoms with E-state index >= 15 is 0 Å². The Morgan fingerprint density at radius 1 is 1.46 bits per heavy atom. The molecule has 0 radical (unpaired) electrons. The predicted octanol–water partition coefficient (Wildman–Crippen LogP) is 0.422. The standard InChI is InChI=1S/C8H6N4O/c1-2-6-7-9-4-11-12(7)5-10-8(6)13-3-1/h1-5,8H. The van der Waals surface area contributed by atoms with Crippen molar-refractivity contribution in [2.24, 2.45) is 4.99 Å². The zero-order valence-electron chi connectivity index (χ0n) is 6.66. The normalized spacial score (nSPS) is 23.1. The van der Waals surface area contributed by atoms with Crippen molar-refractivity contribution in [3.63, 3.8) is 0 Å². The predicted molar refractivity (Wildman–Crippen MR) is 45.9 cm³/mol. The molecule has 1 atom stereocenters. The summed E-state index contributed by atoms with van der Waals surface area (Å²) in [5.74, 6) is 0.796. The van der Waals surface area contributed by atoms with Crippen LogP contribution in [-0.2, 0) is 4.74 Å². The Hall–Kier alpha value is -1.91. The minimum atomic E-state index is -0.248. The molecule has 1 aromatic heterocycles. The zero-order chi connectivity index (χ0) is 8.67. The van der Waals surface area contributed by atoms with E-state index in [1.165, 1.54) is 6.33 Å². The van der Waals surface area contributed by atoms with E-state index in [0.717, 1.165) is 11.4 Å². The molecular formula is C8H6N4O. The number of rotatable bonds is 0. The Bertz CT molecular complexity index is 429. The molecule has 0 N–H and O–H groups in total. The van der Waals surface area contributed by atoms with Gasteiger partial charge in [0.2, 0.25) is 6.23 Å². The van der Waals surface area contributed by atoms with Gasteiger partial charge < -0.3 is 4.74 Å². The summed E-state index contributed by atoms with van der Waals surface area (Å²) >= 11 is 0. The Balaban J connectivity index is 2.21. The molecule has 1 unspecified atom stereocenters. The number of ether oxygens (including phenoxy) is 1. The Kier molecular flexibility index (Phi) is 1.16. The zero-order valence-corrected chi connectivity index (χ0v) is 6.66. The molecule has 1 aromatic rings. The third-order valence-corrected chi connectivity index (χ3v) is 1.97. The van der Waals surface area contributed by atoms with Gasteiger partial charge in [-0.25, -0.2) is 14.7 Å². The molecule has 64 valence electrons. The summed E-state index contributed by atoms with van der Waals surface area (Å²) in [6, 6.07) is 0. The van der Waals surface area contributed by atoms with Crippen LogP contribution in [0.2, 0.25) is 0 Å². The van der Waals surface area contributed by atoms with Crippen molar-refractivity contribution in [3.05, 3.63) is 30.6 Å². The molecule has 2 aliphatic rings. The van der Waals surface area contributed by atoms with Crippen molar-refractivity contribution in [3.8, 4) is 0 Å². The monoisotopic (exact) mass is 174 g/mol.